The van der Waals surface area contributed by atoms with Gasteiger partial charge in [-0.3, -0.25) is 0 Å². The maximum atomic E-state index is 13.0. The van der Waals surface area contributed by atoms with Crippen LogP contribution in [0.4, 0.5) is 4.79 Å². The highest BCUT2D eigenvalue weighted by Gasteiger charge is 2.42. The normalized spacial score (nSPS) is 20.1. The molecule has 2 atom stereocenters. The summed E-state index contributed by atoms with van der Waals surface area (Å²) in [4.78, 5) is 12.7. The maximum absolute atomic E-state index is 13.0. The van der Waals surface area contributed by atoms with E-state index in [4.69, 9.17) is 9.47 Å². The van der Waals surface area contributed by atoms with E-state index in [1.54, 1.807) is 43.5 Å². The lowest BCUT2D eigenvalue weighted by atomic mass is 10.0. The first-order chi connectivity index (χ1) is 12.9. The number of carbonyl (C=O) groups excluding carboxylic acids is 1. The third-order valence-corrected chi connectivity index (χ3v) is 6.32. The van der Waals surface area contributed by atoms with Crippen LogP contribution in [0, 0.1) is 6.92 Å². The van der Waals surface area contributed by atoms with Crippen LogP contribution in [0.3, 0.4) is 0 Å². The quantitative estimate of drug-likeness (QED) is 0.729. The number of nitrogens with zero attached hydrogens (tertiary/aromatic N) is 1. The fraction of sp³-hybridized carbons (Fsp3) is 0.250. The molecule has 0 unspecified atom stereocenters. The number of methoxy groups -OCH3 is 1. The average molecular weight is 387 g/mol. The molecule has 1 heterocycles. The smallest absolute Gasteiger partial charge is 0.425 e. The van der Waals surface area contributed by atoms with Crippen molar-refractivity contribution in [1.29, 1.82) is 0 Å². The van der Waals surface area contributed by atoms with Gasteiger partial charge in [0.1, 0.15) is 11.9 Å². The topological polar surface area (TPSA) is 72.9 Å². The van der Waals surface area contributed by atoms with Gasteiger partial charge >= 0.3 is 6.09 Å². The molecule has 3 rings (SSSR count). The monoisotopic (exact) mass is 387 g/mol. The number of benzene rings is 2. The third kappa shape index (κ3) is 3.68. The van der Waals surface area contributed by atoms with Crippen LogP contribution in [-0.4, -0.2) is 32.0 Å². The Morgan fingerprint density at radius 2 is 1.78 bits per heavy atom. The number of hydrogen-bond donors (Lipinski definition) is 0. The summed E-state index contributed by atoms with van der Waals surface area (Å²) in [6.07, 6.45) is 0.276. The molecule has 142 valence electrons. The van der Waals surface area contributed by atoms with E-state index in [-0.39, 0.29) is 11.3 Å². The molecule has 0 spiro atoms. The lowest BCUT2D eigenvalue weighted by Gasteiger charge is -2.36. The molecule has 0 aromatic heterocycles. The van der Waals surface area contributed by atoms with Crippen LogP contribution in [0.5, 0.6) is 5.75 Å². The van der Waals surface area contributed by atoms with Crippen LogP contribution in [0.2, 0.25) is 0 Å². The molecule has 1 aliphatic heterocycles. The van der Waals surface area contributed by atoms with Crippen molar-refractivity contribution in [3.05, 3.63) is 72.3 Å². The number of hydrogen-bond acceptors (Lipinski definition) is 5. The molecule has 1 amide bonds. The molecule has 2 aromatic rings. The van der Waals surface area contributed by atoms with E-state index in [1.807, 2.05) is 6.92 Å². The van der Waals surface area contributed by atoms with Crippen molar-refractivity contribution in [3.8, 4) is 5.75 Å². The van der Waals surface area contributed by atoms with Crippen molar-refractivity contribution in [2.45, 2.75) is 30.4 Å². The summed E-state index contributed by atoms with van der Waals surface area (Å²) in [5, 5.41) is 0. The van der Waals surface area contributed by atoms with Crippen molar-refractivity contribution in [1.82, 2.24) is 4.31 Å². The lowest BCUT2D eigenvalue weighted by molar-refractivity contribution is 0.0354. The Morgan fingerprint density at radius 1 is 1.15 bits per heavy atom. The van der Waals surface area contributed by atoms with E-state index in [1.165, 1.54) is 18.2 Å². The van der Waals surface area contributed by atoms with E-state index in [0.29, 0.717) is 5.75 Å². The number of rotatable bonds is 5. The van der Waals surface area contributed by atoms with Gasteiger partial charge in [-0.25, -0.2) is 13.2 Å². The zero-order chi connectivity index (χ0) is 19.6. The highest BCUT2D eigenvalue weighted by Crippen LogP contribution is 2.35. The number of cyclic esters (lactones) is 1. The molecule has 0 aliphatic carbocycles. The summed E-state index contributed by atoms with van der Waals surface area (Å²) in [6.45, 7) is 5.57. The fourth-order valence-corrected chi connectivity index (χ4v) is 4.46. The molecular formula is C20H21NO5S. The summed E-state index contributed by atoms with van der Waals surface area (Å²) in [5.41, 5.74) is 1.69. The second-order valence-corrected chi connectivity index (χ2v) is 8.11. The minimum Gasteiger partial charge on any atom is -0.497 e. The van der Waals surface area contributed by atoms with Crippen LogP contribution in [0.15, 0.2) is 66.1 Å². The summed E-state index contributed by atoms with van der Waals surface area (Å²) < 4.78 is 37.3. The first-order valence-electron chi connectivity index (χ1n) is 8.45. The number of ether oxygens (including phenoxy) is 2. The molecule has 0 N–H and O–H groups in total. The van der Waals surface area contributed by atoms with Gasteiger partial charge in [0.15, 0.2) is 0 Å². The van der Waals surface area contributed by atoms with Crippen molar-refractivity contribution < 1.29 is 22.7 Å². The van der Waals surface area contributed by atoms with E-state index < -0.39 is 28.3 Å². The number of carbonyl (C=O) groups is 1. The summed E-state index contributed by atoms with van der Waals surface area (Å²) >= 11 is 0. The molecule has 0 radical (unpaired) electrons. The number of aryl methyl sites for hydroxylation is 1. The Hall–Kier alpha value is -2.80. The van der Waals surface area contributed by atoms with Gasteiger partial charge < -0.3 is 9.47 Å². The van der Waals surface area contributed by atoms with Crippen LogP contribution >= 0.6 is 0 Å². The molecule has 0 saturated carbocycles. The summed E-state index contributed by atoms with van der Waals surface area (Å²) in [7, 11) is -2.47. The predicted octanol–water partition coefficient (Wildman–Crippen LogP) is 3.83. The van der Waals surface area contributed by atoms with Gasteiger partial charge in [0.05, 0.1) is 18.0 Å². The van der Waals surface area contributed by atoms with E-state index in [2.05, 4.69) is 6.58 Å². The Labute approximate surface area is 159 Å². The highest BCUT2D eigenvalue weighted by molar-refractivity contribution is 7.89. The molecule has 27 heavy (non-hydrogen) atoms. The largest absolute Gasteiger partial charge is 0.497 e. The van der Waals surface area contributed by atoms with Crippen LogP contribution in [0.1, 0.15) is 23.7 Å². The Morgan fingerprint density at radius 3 is 2.33 bits per heavy atom. The lowest BCUT2D eigenvalue weighted by Crippen LogP contribution is -2.48. The van der Waals surface area contributed by atoms with Gasteiger partial charge in [0.25, 0.3) is 10.0 Å². The standard InChI is InChI=1S/C20H21NO5S/c1-4-16-13-19(15-7-9-17(25-3)10-8-15)26-20(22)21(16)27(23,24)18-11-5-14(2)6-12-18/h4-12,16,19H,1,13H2,2-3H3/t16-,19+/m1/s1. The summed E-state index contributed by atoms with van der Waals surface area (Å²) in [5.74, 6) is 0.685. The van der Waals surface area contributed by atoms with Crippen molar-refractivity contribution >= 4 is 16.1 Å². The van der Waals surface area contributed by atoms with Gasteiger partial charge in [-0.1, -0.05) is 35.9 Å². The number of sulfonamides is 1. The first kappa shape index (κ1) is 19.0. The van der Waals surface area contributed by atoms with Crippen molar-refractivity contribution in [3.63, 3.8) is 0 Å². The van der Waals surface area contributed by atoms with E-state index in [9.17, 15) is 13.2 Å². The SMILES string of the molecule is C=C[C@@H]1C[C@@H](c2ccc(OC)cc2)OC(=O)N1S(=O)(=O)c1ccc(C)cc1. The second kappa shape index (κ2) is 7.44. The van der Waals surface area contributed by atoms with Gasteiger partial charge in [-0.05, 0) is 36.8 Å². The van der Waals surface area contributed by atoms with Gasteiger partial charge in [0, 0.05) is 6.42 Å². The Bertz CT molecular complexity index is 935. The highest BCUT2D eigenvalue weighted by atomic mass is 32.2. The van der Waals surface area contributed by atoms with Crippen molar-refractivity contribution in [2.75, 3.05) is 7.11 Å². The van der Waals surface area contributed by atoms with Crippen molar-refractivity contribution in [2.24, 2.45) is 0 Å². The minimum absolute atomic E-state index is 0.0415. The maximum Gasteiger partial charge on any atom is 0.425 e. The fourth-order valence-electron chi connectivity index (χ4n) is 2.99. The first-order valence-corrected chi connectivity index (χ1v) is 9.89. The molecule has 2 aromatic carbocycles. The Balaban J connectivity index is 1.89. The van der Waals surface area contributed by atoms with Gasteiger partial charge in [-0.2, -0.15) is 4.31 Å². The Kier molecular flexibility index (Phi) is 5.23. The molecule has 6 nitrogen and oxygen atoms in total. The second-order valence-electron chi connectivity index (χ2n) is 6.30. The minimum atomic E-state index is -4.04. The zero-order valence-electron chi connectivity index (χ0n) is 15.2. The molecule has 1 saturated heterocycles. The van der Waals surface area contributed by atoms with Gasteiger partial charge in [-0.15, -0.1) is 6.58 Å². The zero-order valence-corrected chi connectivity index (χ0v) is 16.0. The molecule has 7 heteroatoms. The van der Waals surface area contributed by atoms with E-state index in [0.717, 1.165) is 15.4 Å². The number of amides is 1. The molecule has 1 aliphatic rings. The predicted molar refractivity (Wildman–Crippen MR) is 101 cm³/mol. The van der Waals surface area contributed by atoms with Crippen LogP contribution in [-0.2, 0) is 14.8 Å². The van der Waals surface area contributed by atoms with E-state index >= 15 is 0 Å². The molecule has 1 fully saturated rings. The van der Waals surface area contributed by atoms with Crippen LogP contribution in [0.25, 0.3) is 0 Å². The summed E-state index contributed by atoms with van der Waals surface area (Å²) in [6, 6.07) is 12.7. The molecular weight excluding hydrogens is 366 g/mol. The third-order valence-electron chi connectivity index (χ3n) is 4.52. The molecule has 0 bridgehead atoms. The average Bonchev–Trinajstić information content (AvgIpc) is 2.67. The van der Waals surface area contributed by atoms with Crippen LogP contribution < -0.4 is 4.74 Å². The van der Waals surface area contributed by atoms with Gasteiger partial charge in [0.2, 0.25) is 0 Å².